The van der Waals surface area contributed by atoms with Gasteiger partial charge in [-0.3, -0.25) is 0 Å². The van der Waals surface area contributed by atoms with Crippen LogP contribution in [0, 0.1) is 6.92 Å². The lowest BCUT2D eigenvalue weighted by Crippen LogP contribution is -2.05. The van der Waals surface area contributed by atoms with Gasteiger partial charge in [0.1, 0.15) is 11.5 Å². The zero-order chi connectivity index (χ0) is 17.3. The van der Waals surface area contributed by atoms with Crippen LogP contribution >= 0.6 is 23.2 Å². The number of hydrogen-bond acceptors (Lipinski definition) is 5. The van der Waals surface area contributed by atoms with E-state index in [2.05, 4.69) is 15.1 Å². The molecule has 3 aromatic rings. The molecule has 3 rings (SSSR count). The second-order valence-electron chi connectivity index (χ2n) is 5.12. The quantitative estimate of drug-likeness (QED) is 0.702. The fourth-order valence-electron chi connectivity index (χ4n) is 2.11. The van der Waals surface area contributed by atoms with Gasteiger partial charge in [-0.25, -0.2) is 9.67 Å². The van der Waals surface area contributed by atoms with Gasteiger partial charge in [0.15, 0.2) is 5.15 Å². The van der Waals surface area contributed by atoms with Crippen LogP contribution in [0.4, 0.5) is 5.69 Å². The van der Waals surface area contributed by atoms with Crippen LogP contribution in [0.5, 0.6) is 11.8 Å². The summed E-state index contributed by atoms with van der Waals surface area (Å²) in [6.07, 6.45) is 0.617. The van der Waals surface area contributed by atoms with E-state index in [0.717, 1.165) is 11.4 Å². The molecule has 8 heteroatoms. The van der Waals surface area contributed by atoms with E-state index in [1.807, 2.05) is 26.0 Å². The summed E-state index contributed by atoms with van der Waals surface area (Å²) >= 11 is 12.0. The number of halogens is 2. The molecule has 0 aliphatic carbocycles. The minimum Gasteiger partial charge on any atom is -0.418 e. The number of ether oxygens (including phenoxy) is 1. The second kappa shape index (κ2) is 6.67. The molecule has 124 valence electrons. The van der Waals surface area contributed by atoms with E-state index < -0.39 is 0 Å². The lowest BCUT2D eigenvalue weighted by molar-refractivity contribution is 0.427. The summed E-state index contributed by atoms with van der Waals surface area (Å²) in [6.45, 7) is 3.79. The Morgan fingerprint density at radius 1 is 1.17 bits per heavy atom. The number of anilines is 1. The van der Waals surface area contributed by atoms with E-state index in [-0.39, 0.29) is 16.7 Å². The third-order valence-corrected chi connectivity index (χ3v) is 3.84. The molecule has 0 bridgehead atoms. The van der Waals surface area contributed by atoms with Crippen molar-refractivity contribution in [2.45, 2.75) is 20.3 Å². The van der Waals surface area contributed by atoms with E-state index in [1.165, 1.54) is 0 Å². The van der Waals surface area contributed by atoms with Crippen LogP contribution in [0.3, 0.4) is 0 Å². The summed E-state index contributed by atoms with van der Waals surface area (Å²) in [5, 5.41) is 5.25. The predicted molar refractivity (Wildman–Crippen MR) is 94.2 cm³/mol. The summed E-state index contributed by atoms with van der Waals surface area (Å²) in [7, 11) is 0. The first kappa shape index (κ1) is 16.5. The molecular weight excluding hydrogens is 349 g/mol. The Kier molecular flexibility index (Phi) is 4.59. The molecule has 0 aliphatic rings. The molecule has 0 saturated heterocycles. The van der Waals surface area contributed by atoms with Crippen molar-refractivity contribution >= 4 is 28.9 Å². The Bertz CT molecular complexity index is 877. The third kappa shape index (κ3) is 3.29. The molecule has 1 aromatic carbocycles. The van der Waals surface area contributed by atoms with Crippen molar-refractivity contribution in [1.29, 1.82) is 0 Å². The highest BCUT2D eigenvalue weighted by Gasteiger charge is 2.16. The van der Waals surface area contributed by atoms with Crippen LogP contribution in [0.25, 0.3) is 5.69 Å². The first-order valence-electron chi connectivity index (χ1n) is 7.30. The Hall–Kier alpha value is -2.31. The second-order valence-corrected chi connectivity index (χ2v) is 5.91. The number of hydrogen-bond donors (Lipinski definition) is 1. The van der Waals surface area contributed by atoms with Crippen molar-refractivity contribution in [3.63, 3.8) is 0 Å². The zero-order valence-electron chi connectivity index (χ0n) is 13.1. The molecule has 24 heavy (non-hydrogen) atoms. The molecule has 0 radical (unpaired) electrons. The van der Waals surface area contributed by atoms with Crippen molar-refractivity contribution in [1.82, 2.24) is 19.7 Å². The summed E-state index contributed by atoms with van der Waals surface area (Å²) in [6, 6.07) is 9.03. The maximum Gasteiger partial charge on any atom is 0.249 e. The van der Waals surface area contributed by atoms with Gasteiger partial charge >= 0.3 is 0 Å². The van der Waals surface area contributed by atoms with Gasteiger partial charge in [-0.1, -0.05) is 30.1 Å². The van der Waals surface area contributed by atoms with Crippen LogP contribution in [0.15, 0.2) is 30.3 Å². The first-order chi connectivity index (χ1) is 11.5. The lowest BCUT2D eigenvalue weighted by atomic mass is 10.3. The number of nitrogens with two attached hydrogens (primary N) is 1. The number of rotatable bonds is 4. The summed E-state index contributed by atoms with van der Waals surface area (Å²) < 4.78 is 7.52. The summed E-state index contributed by atoms with van der Waals surface area (Å²) in [4.78, 5) is 8.40. The third-order valence-electron chi connectivity index (χ3n) is 3.30. The van der Waals surface area contributed by atoms with Gasteiger partial charge in [0.05, 0.1) is 11.4 Å². The SMILES string of the molecule is CCc1nc(Cl)c(N)c(Oc2cc(C)nn2-c2ccc(Cl)cc2)n1. The van der Waals surface area contributed by atoms with Crippen LogP contribution in [0.2, 0.25) is 10.2 Å². The summed E-state index contributed by atoms with van der Waals surface area (Å²) in [5.74, 6) is 1.23. The van der Waals surface area contributed by atoms with Crippen molar-refractivity contribution in [3.05, 3.63) is 52.0 Å². The van der Waals surface area contributed by atoms with Gasteiger partial charge in [0.2, 0.25) is 11.8 Å². The van der Waals surface area contributed by atoms with Crippen LogP contribution in [0.1, 0.15) is 18.4 Å². The molecule has 0 aliphatic heterocycles. The average molecular weight is 364 g/mol. The van der Waals surface area contributed by atoms with Crippen molar-refractivity contribution in [2.75, 3.05) is 5.73 Å². The fraction of sp³-hybridized carbons (Fsp3) is 0.188. The fourth-order valence-corrected chi connectivity index (χ4v) is 2.42. The Morgan fingerprint density at radius 2 is 1.88 bits per heavy atom. The number of aromatic nitrogens is 4. The smallest absolute Gasteiger partial charge is 0.249 e. The molecule has 0 spiro atoms. The van der Waals surface area contributed by atoms with Gasteiger partial charge < -0.3 is 10.5 Å². The molecular formula is C16H15Cl2N5O. The van der Waals surface area contributed by atoms with Crippen LogP contribution in [-0.2, 0) is 6.42 Å². The number of nitrogens with zero attached hydrogens (tertiary/aromatic N) is 4. The molecule has 0 saturated carbocycles. The number of benzene rings is 1. The van der Waals surface area contributed by atoms with Crippen molar-refractivity contribution in [3.8, 4) is 17.4 Å². The van der Waals surface area contributed by atoms with Crippen LogP contribution in [-0.4, -0.2) is 19.7 Å². The molecule has 2 aromatic heterocycles. The maximum absolute atomic E-state index is 6.05. The standard InChI is InChI=1S/C16H15Cl2N5O/c1-3-12-20-15(18)14(19)16(21-12)24-13-8-9(2)22-23(13)11-6-4-10(17)5-7-11/h4-8H,3,19H2,1-2H3. The van der Waals surface area contributed by atoms with Gasteiger partial charge in [-0.05, 0) is 31.2 Å². The van der Waals surface area contributed by atoms with Gasteiger partial charge in [-0.2, -0.15) is 10.1 Å². The van der Waals surface area contributed by atoms with Crippen LogP contribution < -0.4 is 10.5 Å². The van der Waals surface area contributed by atoms with Gasteiger partial charge in [-0.15, -0.1) is 0 Å². The normalized spacial score (nSPS) is 10.8. The minimum absolute atomic E-state index is 0.172. The average Bonchev–Trinajstić information content (AvgIpc) is 2.92. The Balaban J connectivity index is 2.03. The first-order valence-corrected chi connectivity index (χ1v) is 8.06. The van der Waals surface area contributed by atoms with Crippen molar-refractivity contribution < 1.29 is 4.74 Å². The zero-order valence-corrected chi connectivity index (χ0v) is 14.6. The van der Waals surface area contributed by atoms with Crippen molar-refractivity contribution in [2.24, 2.45) is 0 Å². The summed E-state index contributed by atoms with van der Waals surface area (Å²) in [5.41, 5.74) is 7.72. The lowest BCUT2D eigenvalue weighted by Gasteiger charge is -2.11. The molecule has 2 heterocycles. The van der Waals surface area contributed by atoms with Gasteiger partial charge in [0, 0.05) is 17.5 Å². The molecule has 0 amide bonds. The largest absolute Gasteiger partial charge is 0.418 e. The Morgan fingerprint density at radius 3 is 2.54 bits per heavy atom. The highest BCUT2D eigenvalue weighted by molar-refractivity contribution is 6.32. The predicted octanol–water partition coefficient (Wildman–Crippen LogP) is 4.21. The van der Waals surface area contributed by atoms with E-state index >= 15 is 0 Å². The molecule has 0 fully saturated rings. The number of nitrogen functional groups attached to an aromatic ring is 1. The van der Waals surface area contributed by atoms with E-state index in [9.17, 15) is 0 Å². The van der Waals surface area contributed by atoms with E-state index in [1.54, 1.807) is 22.9 Å². The highest BCUT2D eigenvalue weighted by Crippen LogP contribution is 2.31. The molecule has 6 nitrogen and oxygen atoms in total. The number of aryl methyl sites for hydroxylation is 2. The monoisotopic (exact) mass is 363 g/mol. The molecule has 2 N–H and O–H groups in total. The maximum atomic E-state index is 6.05. The van der Waals surface area contributed by atoms with E-state index in [4.69, 9.17) is 33.7 Å². The molecule has 0 unspecified atom stereocenters. The van der Waals surface area contributed by atoms with Gasteiger partial charge in [0.25, 0.3) is 0 Å². The topological polar surface area (TPSA) is 78.9 Å². The molecule has 0 atom stereocenters. The highest BCUT2D eigenvalue weighted by atomic mass is 35.5. The van der Waals surface area contributed by atoms with E-state index in [0.29, 0.717) is 23.1 Å². The Labute approximate surface area is 149 Å². The minimum atomic E-state index is 0.172.